The molecule has 1 N–H and O–H groups in total. The molecule has 2 aromatic rings. The summed E-state index contributed by atoms with van der Waals surface area (Å²) in [6.07, 6.45) is 2.11. The predicted molar refractivity (Wildman–Crippen MR) is 132 cm³/mol. The van der Waals surface area contributed by atoms with Crippen LogP contribution in [0.4, 0.5) is 10.1 Å². The summed E-state index contributed by atoms with van der Waals surface area (Å²) >= 11 is 0. The van der Waals surface area contributed by atoms with Gasteiger partial charge in [0, 0.05) is 31.1 Å². The molecular weight excluding hydrogens is 457 g/mol. The molecule has 2 atom stereocenters. The average molecular weight is 492 g/mol. The fourth-order valence-corrected chi connectivity index (χ4v) is 4.42. The van der Waals surface area contributed by atoms with Gasteiger partial charge in [-0.3, -0.25) is 13.9 Å². The van der Waals surface area contributed by atoms with Gasteiger partial charge in [-0.15, -0.1) is 0 Å². The molecule has 0 saturated heterocycles. The number of hydrogen-bond acceptors (Lipinski definition) is 4. The van der Waals surface area contributed by atoms with Crippen LogP contribution >= 0.6 is 0 Å². The van der Waals surface area contributed by atoms with Gasteiger partial charge in [0.2, 0.25) is 21.8 Å². The summed E-state index contributed by atoms with van der Waals surface area (Å²) in [4.78, 5) is 27.3. The Morgan fingerprint density at radius 2 is 1.65 bits per heavy atom. The lowest BCUT2D eigenvalue weighted by atomic mass is 10.1. The summed E-state index contributed by atoms with van der Waals surface area (Å²) in [5, 5.41) is 2.87. The van der Waals surface area contributed by atoms with Crippen LogP contribution < -0.4 is 9.62 Å². The highest BCUT2D eigenvalue weighted by Gasteiger charge is 2.27. The molecule has 0 spiro atoms. The van der Waals surface area contributed by atoms with Crippen LogP contribution in [-0.2, 0) is 26.2 Å². The van der Waals surface area contributed by atoms with Crippen molar-refractivity contribution >= 4 is 27.5 Å². The standard InChI is InChI=1S/C25H34FN3O4S/c1-5-19(2)27-25(31)20(3)28(18-21-12-9-10-15-23(21)26)24(30)16-11-17-29(34(4,32)33)22-13-7-6-8-14-22/h6-10,12-15,19-20H,5,11,16-18H2,1-4H3,(H,27,31). The lowest BCUT2D eigenvalue weighted by Crippen LogP contribution is -2.49. The number of nitrogens with zero attached hydrogens (tertiary/aromatic N) is 2. The summed E-state index contributed by atoms with van der Waals surface area (Å²) < 4.78 is 40.1. The minimum Gasteiger partial charge on any atom is -0.352 e. The van der Waals surface area contributed by atoms with Crippen LogP contribution in [0, 0.1) is 5.82 Å². The highest BCUT2D eigenvalue weighted by atomic mass is 32.2. The second-order valence-corrected chi connectivity index (χ2v) is 10.3. The summed E-state index contributed by atoms with van der Waals surface area (Å²) in [5.41, 5.74) is 0.822. The van der Waals surface area contributed by atoms with E-state index in [1.165, 1.54) is 15.3 Å². The zero-order chi connectivity index (χ0) is 25.3. The Labute approximate surface area is 202 Å². The zero-order valence-electron chi connectivity index (χ0n) is 20.2. The van der Waals surface area contributed by atoms with Gasteiger partial charge in [-0.05, 0) is 44.9 Å². The molecule has 0 saturated carbocycles. The molecule has 2 aromatic carbocycles. The molecule has 0 heterocycles. The van der Waals surface area contributed by atoms with Crippen molar-refractivity contribution < 1.29 is 22.4 Å². The third-order valence-corrected chi connectivity index (χ3v) is 6.86. The fourth-order valence-electron chi connectivity index (χ4n) is 3.46. The molecule has 0 aliphatic rings. The Morgan fingerprint density at radius 1 is 1.03 bits per heavy atom. The van der Waals surface area contributed by atoms with Crippen LogP contribution in [0.5, 0.6) is 0 Å². The third-order valence-electron chi connectivity index (χ3n) is 5.66. The third kappa shape index (κ3) is 7.83. The number of amides is 2. The van der Waals surface area contributed by atoms with Gasteiger partial charge < -0.3 is 10.2 Å². The van der Waals surface area contributed by atoms with Crippen LogP contribution in [0.15, 0.2) is 54.6 Å². The van der Waals surface area contributed by atoms with E-state index >= 15 is 0 Å². The van der Waals surface area contributed by atoms with E-state index < -0.39 is 21.9 Å². The zero-order valence-corrected chi connectivity index (χ0v) is 21.0. The number of benzene rings is 2. The van der Waals surface area contributed by atoms with E-state index in [0.717, 1.165) is 12.7 Å². The molecule has 2 rings (SSSR count). The van der Waals surface area contributed by atoms with Crippen molar-refractivity contribution in [2.24, 2.45) is 0 Å². The Hall–Kier alpha value is -2.94. The van der Waals surface area contributed by atoms with Crippen molar-refractivity contribution in [1.29, 1.82) is 0 Å². The van der Waals surface area contributed by atoms with E-state index in [0.29, 0.717) is 11.3 Å². The first-order valence-electron chi connectivity index (χ1n) is 11.4. The molecule has 2 amide bonds. The van der Waals surface area contributed by atoms with E-state index in [9.17, 15) is 22.4 Å². The lowest BCUT2D eigenvalue weighted by molar-refractivity contribution is -0.141. The number of nitrogens with one attached hydrogen (secondary N) is 1. The van der Waals surface area contributed by atoms with Gasteiger partial charge in [0.1, 0.15) is 11.9 Å². The van der Waals surface area contributed by atoms with Crippen LogP contribution in [0.1, 0.15) is 45.6 Å². The van der Waals surface area contributed by atoms with E-state index in [4.69, 9.17) is 0 Å². The number of para-hydroxylation sites is 1. The number of anilines is 1. The van der Waals surface area contributed by atoms with E-state index in [2.05, 4.69) is 5.32 Å². The van der Waals surface area contributed by atoms with Gasteiger partial charge in [0.25, 0.3) is 0 Å². The normalized spacial score (nSPS) is 13.1. The second kappa shape index (κ2) is 12.5. The quantitative estimate of drug-likeness (QED) is 0.491. The van der Waals surface area contributed by atoms with Gasteiger partial charge in [0.05, 0.1) is 11.9 Å². The highest BCUT2D eigenvalue weighted by molar-refractivity contribution is 7.92. The molecule has 0 aromatic heterocycles. The van der Waals surface area contributed by atoms with Crippen molar-refractivity contribution in [1.82, 2.24) is 10.2 Å². The molecule has 34 heavy (non-hydrogen) atoms. The van der Waals surface area contributed by atoms with Gasteiger partial charge in [-0.25, -0.2) is 12.8 Å². The van der Waals surface area contributed by atoms with E-state index in [1.54, 1.807) is 55.5 Å². The first-order valence-corrected chi connectivity index (χ1v) is 13.3. The number of rotatable bonds is 12. The Morgan fingerprint density at radius 3 is 2.24 bits per heavy atom. The number of sulfonamides is 1. The Balaban J connectivity index is 2.16. The number of carbonyl (C=O) groups excluding carboxylic acids is 2. The minimum atomic E-state index is -3.54. The summed E-state index contributed by atoms with van der Waals surface area (Å²) in [5.74, 6) is -1.13. The van der Waals surface area contributed by atoms with E-state index in [1.807, 2.05) is 13.8 Å². The predicted octanol–water partition coefficient (Wildman–Crippen LogP) is 3.70. The molecule has 0 aliphatic heterocycles. The fraction of sp³-hybridized carbons (Fsp3) is 0.440. The monoisotopic (exact) mass is 491 g/mol. The van der Waals surface area contributed by atoms with E-state index in [-0.39, 0.29) is 43.8 Å². The largest absolute Gasteiger partial charge is 0.352 e. The van der Waals surface area contributed by atoms with Crippen LogP contribution in [-0.4, -0.2) is 50.0 Å². The number of hydrogen-bond donors (Lipinski definition) is 1. The Bertz CT molecular complexity index is 1060. The Kier molecular flexibility index (Phi) is 10.0. The molecule has 0 radical (unpaired) electrons. The van der Waals surface area contributed by atoms with Gasteiger partial charge in [0.15, 0.2) is 0 Å². The summed E-state index contributed by atoms with van der Waals surface area (Å²) in [7, 11) is -3.54. The maximum absolute atomic E-state index is 14.3. The van der Waals surface area contributed by atoms with Crippen molar-refractivity contribution in [3.63, 3.8) is 0 Å². The first-order chi connectivity index (χ1) is 16.0. The SMILES string of the molecule is CCC(C)NC(=O)C(C)N(Cc1ccccc1F)C(=O)CCCN(c1ccccc1)S(C)(=O)=O. The summed E-state index contributed by atoms with van der Waals surface area (Å²) in [6, 6.07) is 13.9. The van der Waals surface area contributed by atoms with Crippen molar-refractivity contribution in [2.75, 3.05) is 17.1 Å². The highest BCUT2D eigenvalue weighted by Crippen LogP contribution is 2.19. The van der Waals surface area contributed by atoms with Crippen molar-refractivity contribution in [3.05, 3.63) is 66.0 Å². The molecule has 0 aliphatic carbocycles. The minimum absolute atomic E-state index is 0.00819. The molecule has 7 nitrogen and oxygen atoms in total. The topological polar surface area (TPSA) is 86.8 Å². The molecule has 2 unspecified atom stereocenters. The maximum atomic E-state index is 14.3. The van der Waals surface area contributed by atoms with Gasteiger partial charge in [-0.2, -0.15) is 0 Å². The maximum Gasteiger partial charge on any atom is 0.242 e. The van der Waals surface area contributed by atoms with Gasteiger partial charge in [-0.1, -0.05) is 43.3 Å². The molecule has 0 fully saturated rings. The number of halogens is 1. The van der Waals surface area contributed by atoms with Crippen LogP contribution in [0.2, 0.25) is 0 Å². The molecule has 186 valence electrons. The second-order valence-electron chi connectivity index (χ2n) is 8.38. The lowest BCUT2D eigenvalue weighted by Gasteiger charge is -2.30. The van der Waals surface area contributed by atoms with Crippen LogP contribution in [0.3, 0.4) is 0 Å². The average Bonchev–Trinajstić information content (AvgIpc) is 2.80. The molecule has 9 heteroatoms. The molecule has 0 bridgehead atoms. The molecular formula is C25H34FN3O4S. The first kappa shape index (κ1) is 27.3. The van der Waals surface area contributed by atoms with Crippen LogP contribution in [0.25, 0.3) is 0 Å². The summed E-state index contributed by atoms with van der Waals surface area (Å²) in [6.45, 7) is 5.48. The van der Waals surface area contributed by atoms with Crippen molar-refractivity contribution in [3.8, 4) is 0 Å². The van der Waals surface area contributed by atoms with Crippen molar-refractivity contribution in [2.45, 2.75) is 58.7 Å². The number of carbonyl (C=O) groups is 2. The smallest absolute Gasteiger partial charge is 0.242 e. The van der Waals surface area contributed by atoms with Gasteiger partial charge >= 0.3 is 0 Å².